The maximum absolute atomic E-state index is 11.9. The molecule has 0 fully saturated rings. The number of nitrogens with one attached hydrogen (secondary N) is 1. The molecule has 7 heteroatoms. The number of hydrogen-bond donors (Lipinski definition) is 1. The highest BCUT2D eigenvalue weighted by molar-refractivity contribution is 9.12. The van der Waals surface area contributed by atoms with Gasteiger partial charge in [-0.05, 0) is 42.8 Å². The molecule has 1 aliphatic carbocycles. The molecule has 0 aromatic carbocycles. The molecule has 5 nitrogen and oxygen atoms in total. The van der Waals surface area contributed by atoms with Gasteiger partial charge >= 0.3 is 6.09 Å². The van der Waals surface area contributed by atoms with E-state index in [-0.39, 0.29) is 16.0 Å². The molecule has 1 aliphatic rings. The van der Waals surface area contributed by atoms with E-state index in [0.29, 0.717) is 15.4 Å². The van der Waals surface area contributed by atoms with E-state index < -0.39 is 11.7 Å². The Morgan fingerprint density at radius 1 is 1.35 bits per heavy atom. The first-order valence-electron chi connectivity index (χ1n) is 5.77. The topological polar surface area (TPSA) is 72.5 Å². The van der Waals surface area contributed by atoms with Crippen LogP contribution in [-0.2, 0) is 4.74 Å². The number of carbonyl (C=O) groups is 3. The van der Waals surface area contributed by atoms with E-state index in [0.717, 1.165) is 11.3 Å². The summed E-state index contributed by atoms with van der Waals surface area (Å²) in [5.41, 5.74) is -0.322. The normalized spacial score (nSPS) is 14.7. The maximum atomic E-state index is 11.9. The molecule has 0 bridgehead atoms. The fraction of sp³-hybridized carbons (Fsp3) is 0.308. The second kappa shape index (κ2) is 5.14. The Morgan fingerprint density at radius 3 is 2.60 bits per heavy atom. The zero-order chi connectivity index (χ0) is 15.1. The lowest BCUT2D eigenvalue weighted by Crippen LogP contribution is -2.26. The average Bonchev–Trinajstić information content (AvgIpc) is 2.67. The van der Waals surface area contributed by atoms with Crippen molar-refractivity contribution in [1.29, 1.82) is 0 Å². The number of allylic oxidation sites excluding steroid dienone is 2. The Morgan fingerprint density at radius 2 is 2.00 bits per heavy atom. The second-order valence-corrected chi connectivity index (χ2v) is 7.07. The van der Waals surface area contributed by atoms with Crippen LogP contribution < -0.4 is 5.32 Å². The fourth-order valence-corrected chi connectivity index (χ4v) is 2.96. The summed E-state index contributed by atoms with van der Waals surface area (Å²) in [6.07, 6.45) is 0.612. The molecule has 2 rings (SSSR count). The first kappa shape index (κ1) is 14.9. The number of anilines is 1. The molecule has 0 aliphatic heterocycles. The molecule has 1 aromatic heterocycles. The number of fused-ring (bicyclic) bond motifs is 1. The smallest absolute Gasteiger partial charge is 0.412 e. The molecule has 0 saturated heterocycles. The lowest BCUT2D eigenvalue weighted by molar-refractivity contribution is 0.0636. The molecule has 1 N–H and O–H groups in total. The van der Waals surface area contributed by atoms with Gasteiger partial charge in [0.1, 0.15) is 5.60 Å². The van der Waals surface area contributed by atoms with Gasteiger partial charge in [0.25, 0.3) is 0 Å². The van der Waals surface area contributed by atoms with Crippen LogP contribution in [0.1, 0.15) is 40.8 Å². The van der Waals surface area contributed by atoms with Gasteiger partial charge in [0.05, 0.1) is 14.4 Å². The molecule has 1 amide bonds. The zero-order valence-corrected chi connectivity index (χ0v) is 13.5. The van der Waals surface area contributed by atoms with Crippen LogP contribution in [0.5, 0.6) is 0 Å². The Kier molecular flexibility index (Phi) is 3.84. The Hall–Kier alpha value is -1.47. The van der Waals surface area contributed by atoms with Crippen LogP contribution in [0.25, 0.3) is 0 Å². The molecular formula is C13H12BrNO4S. The summed E-state index contributed by atoms with van der Waals surface area (Å²) >= 11 is 4.10. The number of carbonyl (C=O) groups excluding carboxylic acids is 3. The molecule has 0 radical (unpaired) electrons. The Balaban J connectivity index is 2.20. The highest BCUT2D eigenvalue weighted by atomic mass is 79.9. The van der Waals surface area contributed by atoms with E-state index >= 15 is 0 Å². The van der Waals surface area contributed by atoms with Gasteiger partial charge in [-0.1, -0.05) is 0 Å². The minimum Gasteiger partial charge on any atom is -0.444 e. The van der Waals surface area contributed by atoms with E-state index in [2.05, 4.69) is 21.2 Å². The van der Waals surface area contributed by atoms with Crippen molar-refractivity contribution < 1.29 is 19.1 Å². The minimum atomic E-state index is -0.622. The largest absolute Gasteiger partial charge is 0.444 e. The fourth-order valence-electron chi connectivity index (χ4n) is 1.58. The van der Waals surface area contributed by atoms with Crippen molar-refractivity contribution in [3.8, 4) is 0 Å². The average molecular weight is 358 g/mol. The van der Waals surface area contributed by atoms with Crippen molar-refractivity contribution in [1.82, 2.24) is 0 Å². The molecular weight excluding hydrogens is 346 g/mol. The van der Waals surface area contributed by atoms with Crippen LogP contribution in [0.3, 0.4) is 0 Å². The SMILES string of the molecule is CC(C)(C)OC(=O)Nc1cc2c(s1)C(=O)C=C(Br)C2=O. The van der Waals surface area contributed by atoms with Gasteiger partial charge < -0.3 is 4.74 Å². The van der Waals surface area contributed by atoms with Crippen LogP contribution in [0.2, 0.25) is 0 Å². The zero-order valence-electron chi connectivity index (χ0n) is 11.1. The van der Waals surface area contributed by atoms with Gasteiger partial charge in [-0.15, -0.1) is 11.3 Å². The number of halogens is 1. The number of hydrogen-bond acceptors (Lipinski definition) is 5. The highest BCUT2D eigenvalue weighted by Crippen LogP contribution is 2.34. The van der Waals surface area contributed by atoms with Crippen LogP contribution in [0.15, 0.2) is 16.6 Å². The van der Waals surface area contributed by atoms with Crippen molar-refractivity contribution in [2.75, 3.05) is 5.32 Å². The number of Topliss-reactive ketones (excluding diaryl/α,β-unsaturated/α-hetero) is 1. The van der Waals surface area contributed by atoms with Crippen LogP contribution >= 0.6 is 27.3 Å². The monoisotopic (exact) mass is 357 g/mol. The van der Waals surface area contributed by atoms with Crippen LogP contribution in [0, 0.1) is 0 Å². The predicted molar refractivity (Wildman–Crippen MR) is 79.8 cm³/mol. The van der Waals surface area contributed by atoms with Gasteiger partial charge in [-0.2, -0.15) is 0 Å². The van der Waals surface area contributed by atoms with Crippen LogP contribution in [-0.4, -0.2) is 23.3 Å². The number of rotatable bonds is 1. The first-order valence-corrected chi connectivity index (χ1v) is 7.38. The third-order valence-corrected chi connectivity index (χ3v) is 3.95. The lowest BCUT2D eigenvalue weighted by Gasteiger charge is -2.19. The second-order valence-electron chi connectivity index (χ2n) is 5.17. The first-order chi connectivity index (χ1) is 9.17. The van der Waals surface area contributed by atoms with E-state index in [1.54, 1.807) is 20.8 Å². The molecule has 0 unspecified atom stereocenters. The van der Waals surface area contributed by atoms with Gasteiger partial charge in [-0.25, -0.2) is 4.79 Å². The van der Waals surface area contributed by atoms with Gasteiger partial charge in [0.2, 0.25) is 5.78 Å². The molecule has 0 atom stereocenters. The van der Waals surface area contributed by atoms with E-state index in [4.69, 9.17) is 4.74 Å². The summed E-state index contributed by atoms with van der Waals surface area (Å²) in [6, 6.07) is 1.48. The summed E-state index contributed by atoms with van der Waals surface area (Å²) in [7, 11) is 0. The van der Waals surface area contributed by atoms with Crippen molar-refractivity contribution in [2.45, 2.75) is 26.4 Å². The number of ketones is 2. The van der Waals surface area contributed by atoms with Crippen molar-refractivity contribution in [3.63, 3.8) is 0 Å². The van der Waals surface area contributed by atoms with Gasteiger partial charge in [-0.3, -0.25) is 14.9 Å². The van der Waals surface area contributed by atoms with E-state index in [1.165, 1.54) is 12.1 Å². The molecule has 106 valence electrons. The minimum absolute atomic E-state index is 0.219. The van der Waals surface area contributed by atoms with Crippen LogP contribution in [0.4, 0.5) is 9.80 Å². The third-order valence-electron chi connectivity index (χ3n) is 2.30. The summed E-state index contributed by atoms with van der Waals surface area (Å²) < 4.78 is 5.33. The summed E-state index contributed by atoms with van der Waals surface area (Å²) in [4.78, 5) is 35.6. The molecule has 0 saturated carbocycles. The highest BCUT2D eigenvalue weighted by Gasteiger charge is 2.28. The standard InChI is InChI=1S/C13H12BrNO4S/c1-13(2,3)19-12(18)15-9-4-6-10(17)7(14)5-8(16)11(6)20-9/h4-5H,1-3H3,(H,15,18). The van der Waals surface area contributed by atoms with E-state index in [1.807, 2.05) is 0 Å². The molecule has 1 heterocycles. The Labute approximate surface area is 128 Å². The lowest BCUT2D eigenvalue weighted by atomic mass is 10.0. The number of ether oxygens (including phenoxy) is 1. The maximum Gasteiger partial charge on any atom is 0.412 e. The molecule has 20 heavy (non-hydrogen) atoms. The third kappa shape index (κ3) is 3.16. The quantitative estimate of drug-likeness (QED) is 0.830. The van der Waals surface area contributed by atoms with Gasteiger partial charge in [0.15, 0.2) is 5.78 Å². The predicted octanol–water partition coefficient (Wildman–Crippen LogP) is 3.75. The number of amides is 1. The Bertz CT molecular complexity index is 639. The molecule has 1 aromatic rings. The summed E-state index contributed by atoms with van der Waals surface area (Å²) in [5, 5.41) is 2.93. The summed E-state index contributed by atoms with van der Waals surface area (Å²) in [5.74, 6) is -0.526. The number of thiophene rings is 1. The van der Waals surface area contributed by atoms with E-state index in [9.17, 15) is 14.4 Å². The summed E-state index contributed by atoms with van der Waals surface area (Å²) in [6.45, 7) is 5.25. The van der Waals surface area contributed by atoms with Gasteiger partial charge in [0, 0.05) is 11.6 Å². The van der Waals surface area contributed by atoms with Crippen molar-refractivity contribution in [3.05, 3.63) is 27.1 Å². The van der Waals surface area contributed by atoms with Crippen molar-refractivity contribution >= 4 is 49.9 Å². The molecule has 0 spiro atoms. The van der Waals surface area contributed by atoms with Crippen molar-refractivity contribution in [2.24, 2.45) is 0 Å².